The number of methoxy groups -OCH3 is 1. The van der Waals surface area contributed by atoms with Crippen LogP contribution in [0.4, 0.5) is 0 Å². The number of rotatable bonds is 6. The molecule has 3 rings (SSSR count). The number of imide groups is 1. The first-order valence-electron chi connectivity index (χ1n) is 8.89. The molecule has 9 nitrogen and oxygen atoms in total. The third kappa shape index (κ3) is 4.10. The molecule has 1 aliphatic rings. The molecule has 0 saturated heterocycles. The van der Waals surface area contributed by atoms with Crippen LogP contribution in [0.2, 0.25) is 0 Å². The Morgan fingerprint density at radius 1 is 1.29 bits per heavy atom. The van der Waals surface area contributed by atoms with E-state index in [4.69, 9.17) is 15.1 Å². The molecule has 1 aliphatic carbocycles. The zero-order valence-corrected chi connectivity index (χ0v) is 15.6. The van der Waals surface area contributed by atoms with Crippen LogP contribution in [0, 0.1) is 5.92 Å². The lowest BCUT2D eigenvalue weighted by atomic mass is 9.79. The number of benzene rings is 1. The minimum absolute atomic E-state index is 0.0955. The molecule has 1 aromatic carbocycles. The van der Waals surface area contributed by atoms with Crippen LogP contribution in [0.25, 0.3) is 11.3 Å². The molecule has 148 valence electrons. The second kappa shape index (κ2) is 8.32. The third-order valence-electron chi connectivity index (χ3n) is 4.80. The number of ether oxygens (including phenoxy) is 1. The summed E-state index contributed by atoms with van der Waals surface area (Å²) in [6.07, 6.45) is -0.00563. The van der Waals surface area contributed by atoms with Crippen molar-refractivity contribution in [2.75, 3.05) is 7.11 Å². The number of amides is 3. The van der Waals surface area contributed by atoms with Gasteiger partial charge in [0, 0.05) is 30.7 Å². The maximum atomic E-state index is 12.3. The summed E-state index contributed by atoms with van der Waals surface area (Å²) >= 11 is 0. The fraction of sp³-hybridized carbons (Fsp3) is 0.368. The van der Waals surface area contributed by atoms with Gasteiger partial charge >= 0.3 is 0 Å². The van der Waals surface area contributed by atoms with Crippen molar-refractivity contribution in [2.45, 2.75) is 31.9 Å². The average Bonchev–Trinajstić information content (AvgIpc) is 3.19. The Hall–Kier alpha value is -3.04. The van der Waals surface area contributed by atoms with Crippen molar-refractivity contribution in [2.24, 2.45) is 11.8 Å². The van der Waals surface area contributed by atoms with Crippen molar-refractivity contribution >= 4 is 17.7 Å². The number of nitrogens with zero attached hydrogens (tertiary/aromatic N) is 2. The Bertz CT molecular complexity index is 860. The number of carbonyl (C=O) groups is 3. The zero-order chi connectivity index (χ0) is 20.3. The van der Waals surface area contributed by atoms with Crippen LogP contribution in [-0.4, -0.2) is 47.1 Å². The average molecular weight is 386 g/mol. The zero-order valence-electron chi connectivity index (χ0n) is 15.6. The smallest absolute Gasteiger partial charge is 0.290 e. The molecule has 0 aliphatic heterocycles. The monoisotopic (exact) mass is 386 g/mol. The summed E-state index contributed by atoms with van der Waals surface area (Å²) in [6, 6.07) is 10.7. The van der Waals surface area contributed by atoms with Gasteiger partial charge in [0.2, 0.25) is 11.7 Å². The molecule has 0 radical (unpaired) electrons. The van der Waals surface area contributed by atoms with E-state index in [0.717, 1.165) is 5.56 Å². The summed E-state index contributed by atoms with van der Waals surface area (Å²) < 4.78 is 9.99. The van der Waals surface area contributed by atoms with Crippen LogP contribution in [0.1, 0.15) is 30.3 Å². The summed E-state index contributed by atoms with van der Waals surface area (Å²) in [4.78, 5) is 36.4. The van der Waals surface area contributed by atoms with E-state index in [2.05, 4.69) is 10.5 Å². The maximum Gasteiger partial charge on any atom is 0.290 e. The van der Waals surface area contributed by atoms with E-state index in [1.807, 2.05) is 30.3 Å². The standard InChI is InChI=1S/C19H22N4O5/c1-11(27-2)18(25)23(20)19(26)13-8-14(9-13)21-17(24)16-10-15(22-28-16)12-6-4-3-5-7-12/h3-7,10-11,13-14H,8-9,20H2,1-2H3,(H,21,24)/t11-,13?,14?/m1/s1. The predicted octanol–water partition coefficient (Wildman–Crippen LogP) is 1.11. The number of nitrogens with two attached hydrogens (primary N) is 1. The number of hydrogen-bond acceptors (Lipinski definition) is 7. The number of hydrogen-bond donors (Lipinski definition) is 2. The van der Waals surface area contributed by atoms with Crippen molar-refractivity contribution in [3.8, 4) is 11.3 Å². The fourth-order valence-electron chi connectivity index (χ4n) is 2.92. The Balaban J connectivity index is 1.51. The van der Waals surface area contributed by atoms with E-state index in [9.17, 15) is 14.4 Å². The van der Waals surface area contributed by atoms with Crippen LogP contribution in [0.15, 0.2) is 40.9 Å². The van der Waals surface area contributed by atoms with Gasteiger partial charge in [-0.2, -0.15) is 0 Å². The molecule has 0 spiro atoms. The second-order valence-corrected chi connectivity index (χ2v) is 6.71. The van der Waals surface area contributed by atoms with Gasteiger partial charge < -0.3 is 14.6 Å². The first-order valence-corrected chi connectivity index (χ1v) is 8.89. The van der Waals surface area contributed by atoms with Crippen LogP contribution in [0.3, 0.4) is 0 Å². The maximum absolute atomic E-state index is 12.3. The Morgan fingerprint density at radius 2 is 1.96 bits per heavy atom. The van der Waals surface area contributed by atoms with Crippen molar-refractivity contribution < 1.29 is 23.6 Å². The number of aromatic nitrogens is 1. The molecular weight excluding hydrogens is 364 g/mol. The molecule has 0 unspecified atom stereocenters. The Kier molecular flexibility index (Phi) is 5.86. The molecule has 28 heavy (non-hydrogen) atoms. The van der Waals surface area contributed by atoms with E-state index in [-0.39, 0.29) is 11.8 Å². The lowest BCUT2D eigenvalue weighted by Crippen LogP contribution is -2.55. The Morgan fingerprint density at radius 3 is 2.61 bits per heavy atom. The van der Waals surface area contributed by atoms with E-state index < -0.39 is 29.7 Å². The van der Waals surface area contributed by atoms with E-state index in [0.29, 0.717) is 23.5 Å². The van der Waals surface area contributed by atoms with Gasteiger partial charge in [-0.3, -0.25) is 14.4 Å². The highest BCUT2D eigenvalue weighted by Gasteiger charge is 2.39. The normalized spacial score (nSPS) is 19.4. The highest BCUT2D eigenvalue weighted by Crippen LogP contribution is 2.29. The van der Waals surface area contributed by atoms with Gasteiger partial charge in [0.05, 0.1) is 0 Å². The van der Waals surface area contributed by atoms with Crippen molar-refractivity contribution in [1.82, 2.24) is 15.5 Å². The SMILES string of the molecule is CO[C@H](C)C(=O)N(N)C(=O)C1CC(NC(=O)c2cc(-c3ccccc3)no2)C1. The summed E-state index contributed by atoms with van der Waals surface area (Å²) in [5.41, 5.74) is 1.41. The van der Waals surface area contributed by atoms with Crippen LogP contribution >= 0.6 is 0 Å². The van der Waals surface area contributed by atoms with E-state index in [1.165, 1.54) is 14.0 Å². The summed E-state index contributed by atoms with van der Waals surface area (Å²) in [5, 5.41) is 7.29. The molecule has 3 N–H and O–H groups in total. The second-order valence-electron chi connectivity index (χ2n) is 6.71. The van der Waals surface area contributed by atoms with E-state index >= 15 is 0 Å². The Labute approximate surface area is 161 Å². The number of nitrogens with one attached hydrogen (secondary N) is 1. The minimum Gasteiger partial charge on any atom is -0.372 e. The topological polar surface area (TPSA) is 128 Å². The fourth-order valence-corrected chi connectivity index (χ4v) is 2.92. The molecular formula is C19H22N4O5. The molecule has 3 amide bonds. The number of carbonyl (C=O) groups excluding carboxylic acids is 3. The van der Waals surface area contributed by atoms with Gasteiger partial charge in [0.1, 0.15) is 11.8 Å². The molecule has 1 fully saturated rings. The molecule has 9 heteroatoms. The predicted molar refractivity (Wildman–Crippen MR) is 98.4 cm³/mol. The lowest BCUT2D eigenvalue weighted by molar-refractivity contribution is -0.155. The molecule has 1 atom stereocenters. The third-order valence-corrected chi connectivity index (χ3v) is 4.80. The quantitative estimate of drug-likeness (QED) is 0.432. The molecule has 1 aromatic heterocycles. The molecule has 2 aromatic rings. The van der Waals surface area contributed by atoms with Crippen molar-refractivity contribution in [1.29, 1.82) is 0 Å². The van der Waals surface area contributed by atoms with Crippen LogP contribution < -0.4 is 11.2 Å². The van der Waals surface area contributed by atoms with Crippen LogP contribution in [0.5, 0.6) is 0 Å². The summed E-state index contributed by atoms with van der Waals surface area (Å²) in [7, 11) is 1.36. The van der Waals surface area contributed by atoms with Crippen LogP contribution in [-0.2, 0) is 14.3 Å². The van der Waals surface area contributed by atoms with Gasteiger partial charge in [-0.25, -0.2) is 10.9 Å². The lowest BCUT2D eigenvalue weighted by Gasteiger charge is -2.36. The first kappa shape index (κ1) is 19.7. The largest absolute Gasteiger partial charge is 0.372 e. The van der Waals surface area contributed by atoms with Gasteiger partial charge in [0.25, 0.3) is 11.8 Å². The van der Waals surface area contributed by atoms with Gasteiger partial charge in [0.15, 0.2) is 0 Å². The van der Waals surface area contributed by atoms with E-state index in [1.54, 1.807) is 6.07 Å². The van der Waals surface area contributed by atoms with Gasteiger partial charge in [-0.15, -0.1) is 0 Å². The number of hydrazine groups is 1. The van der Waals surface area contributed by atoms with Gasteiger partial charge in [-0.05, 0) is 19.8 Å². The van der Waals surface area contributed by atoms with Gasteiger partial charge in [-0.1, -0.05) is 35.5 Å². The summed E-state index contributed by atoms with van der Waals surface area (Å²) in [5.74, 6) is 3.78. The minimum atomic E-state index is -0.796. The molecule has 0 bridgehead atoms. The highest BCUT2D eigenvalue weighted by atomic mass is 16.5. The molecule has 1 saturated carbocycles. The van der Waals surface area contributed by atoms with Crippen molar-refractivity contribution in [3.63, 3.8) is 0 Å². The molecule has 1 heterocycles. The summed E-state index contributed by atoms with van der Waals surface area (Å²) in [6.45, 7) is 1.51. The first-order chi connectivity index (χ1) is 13.4. The van der Waals surface area contributed by atoms with Crippen molar-refractivity contribution in [3.05, 3.63) is 42.2 Å². The highest BCUT2D eigenvalue weighted by molar-refractivity contribution is 5.98.